The van der Waals surface area contributed by atoms with Gasteiger partial charge in [-0.25, -0.2) is 8.78 Å². The zero-order chi connectivity index (χ0) is 19.1. The van der Waals surface area contributed by atoms with Gasteiger partial charge in [-0.05, 0) is 49.6 Å². The first-order valence-corrected chi connectivity index (χ1v) is 8.90. The SMILES string of the molecule is O=C(/C=C/c1c(F)cccc1F)Nc1ccccc1OCC1CCCCO1. The first-order valence-electron chi connectivity index (χ1n) is 8.90. The molecule has 0 saturated carbocycles. The topological polar surface area (TPSA) is 47.6 Å². The number of rotatable bonds is 6. The Hall–Kier alpha value is -2.73. The molecule has 1 fully saturated rings. The van der Waals surface area contributed by atoms with Crippen LogP contribution in [-0.4, -0.2) is 25.2 Å². The van der Waals surface area contributed by atoms with E-state index in [0.29, 0.717) is 18.0 Å². The maximum absolute atomic E-state index is 13.6. The van der Waals surface area contributed by atoms with Gasteiger partial charge in [0.15, 0.2) is 0 Å². The van der Waals surface area contributed by atoms with E-state index >= 15 is 0 Å². The highest BCUT2D eigenvalue weighted by Gasteiger charge is 2.15. The van der Waals surface area contributed by atoms with E-state index in [0.717, 1.165) is 50.2 Å². The minimum atomic E-state index is -0.727. The van der Waals surface area contributed by atoms with Crippen molar-refractivity contribution < 1.29 is 23.0 Å². The van der Waals surface area contributed by atoms with Gasteiger partial charge in [-0.2, -0.15) is 0 Å². The molecule has 1 saturated heterocycles. The number of anilines is 1. The van der Waals surface area contributed by atoms with Crippen molar-refractivity contribution in [1.82, 2.24) is 0 Å². The van der Waals surface area contributed by atoms with E-state index < -0.39 is 17.5 Å². The third kappa shape index (κ3) is 5.37. The summed E-state index contributed by atoms with van der Waals surface area (Å²) in [4.78, 5) is 12.1. The Balaban J connectivity index is 1.63. The number of hydrogen-bond acceptors (Lipinski definition) is 3. The molecule has 2 aromatic rings. The lowest BCUT2D eigenvalue weighted by molar-refractivity contribution is -0.111. The Kier molecular flexibility index (Phi) is 6.54. The lowest BCUT2D eigenvalue weighted by Gasteiger charge is -2.23. The zero-order valence-corrected chi connectivity index (χ0v) is 14.8. The maximum atomic E-state index is 13.6. The van der Waals surface area contributed by atoms with Crippen molar-refractivity contribution in [3.8, 4) is 5.75 Å². The van der Waals surface area contributed by atoms with Crippen molar-refractivity contribution in [3.63, 3.8) is 0 Å². The summed E-state index contributed by atoms with van der Waals surface area (Å²) in [6.07, 6.45) is 5.38. The lowest BCUT2D eigenvalue weighted by atomic mass is 10.1. The van der Waals surface area contributed by atoms with Gasteiger partial charge in [-0.3, -0.25) is 4.79 Å². The fraction of sp³-hybridized carbons (Fsp3) is 0.286. The van der Waals surface area contributed by atoms with Crippen LogP contribution in [-0.2, 0) is 9.53 Å². The standard InChI is InChI=1S/C21H21F2NO3/c22-17-7-5-8-18(23)16(17)11-12-21(25)24-19-9-1-2-10-20(19)27-14-15-6-3-4-13-26-15/h1-2,5,7-12,15H,3-4,6,13-14H2,(H,24,25)/b12-11+. The number of carbonyl (C=O) groups is 1. The predicted molar refractivity (Wildman–Crippen MR) is 99.5 cm³/mol. The van der Waals surface area contributed by atoms with Crippen molar-refractivity contribution in [2.24, 2.45) is 0 Å². The quantitative estimate of drug-likeness (QED) is 0.755. The number of para-hydroxylation sites is 2. The molecule has 1 aliphatic rings. The summed E-state index contributed by atoms with van der Waals surface area (Å²) in [5.41, 5.74) is 0.226. The van der Waals surface area contributed by atoms with Crippen LogP contribution in [0.5, 0.6) is 5.75 Å². The van der Waals surface area contributed by atoms with Crippen LogP contribution in [0, 0.1) is 11.6 Å². The number of carbonyl (C=O) groups excluding carboxylic acids is 1. The van der Waals surface area contributed by atoms with E-state index in [-0.39, 0.29) is 11.7 Å². The maximum Gasteiger partial charge on any atom is 0.248 e. The largest absolute Gasteiger partial charge is 0.489 e. The third-order valence-electron chi connectivity index (χ3n) is 4.24. The lowest BCUT2D eigenvalue weighted by Crippen LogP contribution is -2.26. The minimum Gasteiger partial charge on any atom is -0.489 e. The molecule has 1 unspecified atom stereocenters. The minimum absolute atomic E-state index is 0.0476. The van der Waals surface area contributed by atoms with Gasteiger partial charge in [-0.1, -0.05) is 18.2 Å². The average molecular weight is 373 g/mol. The molecule has 142 valence electrons. The summed E-state index contributed by atoms with van der Waals surface area (Å²) >= 11 is 0. The number of ether oxygens (including phenoxy) is 2. The van der Waals surface area contributed by atoms with E-state index in [1.165, 1.54) is 6.07 Å². The number of benzene rings is 2. The van der Waals surface area contributed by atoms with Crippen LogP contribution < -0.4 is 10.1 Å². The highest BCUT2D eigenvalue weighted by molar-refractivity contribution is 6.02. The van der Waals surface area contributed by atoms with E-state index in [1.807, 2.05) is 0 Å². The van der Waals surface area contributed by atoms with Crippen LogP contribution in [0.15, 0.2) is 48.5 Å². The van der Waals surface area contributed by atoms with Crippen molar-refractivity contribution >= 4 is 17.7 Å². The zero-order valence-electron chi connectivity index (χ0n) is 14.8. The van der Waals surface area contributed by atoms with Crippen molar-refractivity contribution in [1.29, 1.82) is 0 Å². The summed E-state index contributed by atoms with van der Waals surface area (Å²) in [7, 11) is 0. The molecule has 2 aromatic carbocycles. The van der Waals surface area contributed by atoms with Crippen LogP contribution in [0.4, 0.5) is 14.5 Å². The van der Waals surface area contributed by atoms with Crippen LogP contribution in [0.25, 0.3) is 6.08 Å². The Morgan fingerprint density at radius 2 is 1.93 bits per heavy atom. The molecule has 27 heavy (non-hydrogen) atoms. The highest BCUT2D eigenvalue weighted by atomic mass is 19.1. The van der Waals surface area contributed by atoms with Crippen LogP contribution in [0.3, 0.4) is 0 Å². The molecular weight excluding hydrogens is 352 g/mol. The molecule has 0 spiro atoms. The second-order valence-electron chi connectivity index (χ2n) is 6.25. The number of hydrogen-bond donors (Lipinski definition) is 1. The van der Waals surface area contributed by atoms with Gasteiger partial charge in [0.25, 0.3) is 0 Å². The van der Waals surface area contributed by atoms with Gasteiger partial charge in [0, 0.05) is 18.2 Å². The van der Waals surface area contributed by atoms with Crippen molar-refractivity contribution in [3.05, 3.63) is 65.7 Å². The predicted octanol–water partition coefficient (Wildman–Crippen LogP) is 4.56. The normalized spacial score (nSPS) is 17.0. The van der Waals surface area contributed by atoms with Gasteiger partial charge in [0.2, 0.25) is 5.91 Å². The summed E-state index contributed by atoms with van der Waals surface area (Å²) < 4.78 is 38.7. The fourth-order valence-electron chi connectivity index (χ4n) is 2.82. The molecule has 1 aliphatic heterocycles. The van der Waals surface area contributed by atoms with Gasteiger partial charge >= 0.3 is 0 Å². The first kappa shape index (κ1) is 19.0. The van der Waals surface area contributed by atoms with E-state index in [9.17, 15) is 13.6 Å². The summed E-state index contributed by atoms with van der Waals surface area (Å²) in [5, 5.41) is 2.67. The van der Waals surface area contributed by atoms with E-state index in [1.54, 1.807) is 24.3 Å². The second kappa shape index (κ2) is 9.28. The first-order chi connectivity index (χ1) is 13.1. The van der Waals surface area contributed by atoms with Gasteiger partial charge in [0.05, 0.1) is 11.8 Å². The number of halogens is 2. The number of nitrogens with one attached hydrogen (secondary N) is 1. The smallest absolute Gasteiger partial charge is 0.248 e. The summed E-state index contributed by atoms with van der Waals surface area (Å²) in [6, 6.07) is 10.6. The fourth-order valence-corrected chi connectivity index (χ4v) is 2.82. The molecule has 6 heteroatoms. The van der Waals surface area contributed by atoms with Crippen LogP contribution in [0.2, 0.25) is 0 Å². The molecule has 0 radical (unpaired) electrons. The molecule has 1 heterocycles. The summed E-state index contributed by atoms with van der Waals surface area (Å²) in [6.45, 7) is 1.15. The molecule has 1 atom stereocenters. The highest BCUT2D eigenvalue weighted by Crippen LogP contribution is 2.25. The van der Waals surface area contributed by atoms with Gasteiger partial charge in [0.1, 0.15) is 24.0 Å². The summed E-state index contributed by atoms with van der Waals surface area (Å²) in [5.74, 6) is -1.45. The van der Waals surface area contributed by atoms with E-state index in [4.69, 9.17) is 9.47 Å². The monoisotopic (exact) mass is 373 g/mol. The Labute approximate surface area is 156 Å². The van der Waals surface area contributed by atoms with E-state index in [2.05, 4.69) is 5.32 Å². The Morgan fingerprint density at radius 3 is 2.67 bits per heavy atom. The molecule has 3 rings (SSSR count). The van der Waals surface area contributed by atoms with Crippen LogP contribution >= 0.6 is 0 Å². The Morgan fingerprint density at radius 1 is 1.15 bits per heavy atom. The second-order valence-corrected chi connectivity index (χ2v) is 6.25. The van der Waals surface area contributed by atoms with Crippen molar-refractivity contribution in [2.45, 2.75) is 25.4 Å². The number of amides is 1. The third-order valence-corrected chi connectivity index (χ3v) is 4.24. The molecule has 1 N–H and O–H groups in total. The van der Waals surface area contributed by atoms with Gasteiger partial charge < -0.3 is 14.8 Å². The molecule has 1 amide bonds. The Bertz CT molecular complexity index is 797. The molecule has 0 aliphatic carbocycles. The molecule has 0 aromatic heterocycles. The van der Waals surface area contributed by atoms with Crippen molar-refractivity contribution in [2.75, 3.05) is 18.5 Å². The molecular formula is C21H21F2NO3. The average Bonchev–Trinajstić information content (AvgIpc) is 2.68. The molecule has 0 bridgehead atoms. The van der Waals surface area contributed by atoms with Crippen LogP contribution in [0.1, 0.15) is 24.8 Å². The molecule has 4 nitrogen and oxygen atoms in total. The van der Waals surface area contributed by atoms with Gasteiger partial charge in [-0.15, -0.1) is 0 Å².